The van der Waals surface area contributed by atoms with E-state index in [0.717, 1.165) is 37.7 Å². The number of nitrogens with zero attached hydrogens (tertiary/aromatic N) is 1. The molecule has 0 heterocycles. The molecule has 0 N–H and O–H groups in total. The van der Waals surface area contributed by atoms with E-state index in [9.17, 15) is 13.2 Å². The number of amides is 1. The van der Waals surface area contributed by atoms with Gasteiger partial charge in [-0.2, -0.15) is 0 Å². The van der Waals surface area contributed by atoms with Gasteiger partial charge in [-0.3, -0.25) is 4.79 Å². The van der Waals surface area contributed by atoms with Crippen LogP contribution in [-0.4, -0.2) is 43.8 Å². The van der Waals surface area contributed by atoms with Crippen LogP contribution in [-0.2, 0) is 22.7 Å². The van der Waals surface area contributed by atoms with Gasteiger partial charge in [0.05, 0.1) is 5.75 Å². The molecular formula is C17H23NO3S. The molecule has 22 heavy (non-hydrogen) atoms. The largest absolute Gasteiger partial charge is 0.335 e. The van der Waals surface area contributed by atoms with Crippen LogP contribution in [0.15, 0.2) is 12.1 Å². The molecule has 2 aliphatic carbocycles. The fraction of sp³-hybridized carbons (Fsp3) is 0.588. The molecule has 0 aromatic heterocycles. The second-order valence-corrected chi connectivity index (χ2v) is 8.86. The molecule has 5 heteroatoms. The summed E-state index contributed by atoms with van der Waals surface area (Å²) in [5.74, 6) is 0.0628. The predicted molar refractivity (Wildman–Crippen MR) is 87.0 cm³/mol. The van der Waals surface area contributed by atoms with E-state index in [0.29, 0.717) is 6.54 Å². The number of aryl methyl sites for hydroxylation is 1. The van der Waals surface area contributed by atoms with Crippen molar-refractivity contribution in [3.63, 3.8) is 0 Å². The van der Waals surface area contributed by atoms with Crippen LogP contribution in [0, 0.1) is 6.92 Å². The van der Waals surface area contributed by atoms with Gasteiger partial charge in [-0.25, -0.2) is 8.42 Å². The average Bonchev–Trinajstić information content (AvgIpc) is 3.14. The fourth-order valence-corrected chi connectivity index (χ4v) is 3.87. The maximum Gasteiger partial charge on any atom is 0.254 e. The Morgan fingerprint density at radius 3 is 2.55 bits per heavy atom. The minimum Gasteiger partial charge on any atom is -0.335 e. The van der Waals surface area contributed by atoms with Crippen molar-refractivity contribution in [1.29, 1.82) is 0 Å². The van der Waals surface area contributed by atoms with Crippen molar-refractivity contribution >= 4 is 15.7 Å². The van der Waals surface area contributed by atoms with Gasteiger partial charge in [0.25, 0.3) is 5.91 Å². The third-order valence-corrected chi connectivity index (χ3v) is 5.63. The molecule has 1 amide bonds. The first-order chi connectivity index (χ1) is 10.4. The average molecular weight is 321 g/mol. The van der Waals surface area contributed by atoms with E-state index in [1.165, 1.54) is 22.9 Å². The van der Waals surface area contributed by atoms with Crippen molar-refractivity contribution in [3.8, 4) is 0 Å². The summed E-state index contributed by atoms with van der Waals surface area (Å²) in [5.41, 5.74) is 4.57. The molecule has 120 valence electrons. The van der Waals surface area contributed by atoms with Gasteiger partial charge >= 0.3 is 0 Å². The number of hydrogen-bond acceptors (Lipinski definition) is 3. The van der Waals surface area contributed by atoms with Gasteiger partial charge in [-0.05, 0) is 61.8 Å². The molecule has 0 unspecified atom stereocenters. The molecule has 1 saturated carbocycles. The Morgan fingerprint density at radius 1 is 1.23 bits per heavy atom. The van der Waals surface area contributed by atoms with E-state index in [1.807, 2.05) is 12.1 Å². The lowest BCUT2D eigenvalue weighted by Gasteiger charge is -2.23. The van der Waals surface area contributed by atoms with E-state index >= 15 is 0 Å². The quantitative estimate of drug-likeness (QED) is 0.835. The Morgan fingerprint density at radius 2 is 1.91 bits per heavy atom. The lowest BCUT2D eigenvalue weighted by atomic mass is 9.98. The molecule has 0 saturated heterocycles. The van der Waals surface area contributed by atoms with Crippen molar-refractivity contribution in [1.82, 2.24) is 4.90 Å². The Bertz CT molecular complexity index is 705. The second kappa shape index (κ2) is 5.69. The summed E-state index contributed by atoms with van der Waals surface area (Å²) in [7, 11) is -3.05. The maximum atomic E-state index is 12.9. The number of rotatable bonds is 5. The molecule has 4 nitrogen and oxygen atoms in total. The van der Waals surface area contributed by atoms with E-state index in [2.05, 4.69) is 6.92 Å². The van der Waals surface area contributed by atoms with Crippen LogP contribution in [0.25, 0.3) is 0 Å². The normalized spacial score (nSPS) is 17.4. The van der Waals surface area contributed by atoms with E-state index in [-0.39, 0.29) is 17.7 Å². The van der Waals surface area contributed by atoms with Gasteiger partial charge < -0.3 is 4.90 Å². The number of fused-ring (bicyclic) bond motifs is 1. The van der Waals surface area contributed by atoms with E-state index < -0.39 is 9.84 Å². The molecule has 1 fully saturated rings. The Hall–Kier alpha value is -1.36. The number of sulfone groups is 1. The fourth-order valence-electron chi connectivity index (χ4n) is 3.34. The van der Waals surface area contributed by atoms with E-state index in [4.69, 9.17) is 0 Å². The molecule has 0 atom stereocenters. The highest BCUT2D eigenvalue weighted by molar-refractivity contribution is 7.90. The summed E-state index contributed by atoms with van der Waals surface area (Å²) in [5, 5.41) is 0. The Labute approximate surface area is 132 Å². The topological polar surface area (TPSA) is 54.5 Å². The Kier molecular flexibility index (Phi) is 4.02. The molecule has 3 rings (SSSR count). The summed E-state index contributed by atoms with van der Waals surface area (Å²) in [6, 6.07) is 4.18. The number of hydrogen-bond donors (Lipinski definition) is 0. The smallest absolute Gasteiger partial charge is 0.254 e. The van der Waals surface area contributed by atoms with Crippen molar-refractivity contribution in [2.45, 2.75) is 45.1 Å². The molecule has 0 spiro atoms. The van der Waals surface area contributed by atoms with Crippen molar-refractivity contribution in [3.05, 3.63) is 34.4 Å². The van der Waals surface area contributed by atoms with Gasteiger partial charge in [0, 0.05) is 24.4 Å². The van der Waals surface area contributed by atoms with Gasteiger partial charge in [0.2, 0.25) is 0 Å². The first kappa shape index (κ1) is 15.5. The standard InChI is InChI=1S/C17H23NO3S/c1-12-6-9-16(15-5-3-4-14(12)15)17(19)18(13-7-8-13)10-11-22(2,20)21/h6,9,13H,3-5,7-8,10-11H2,1-2H3. The molecule has 1 aromatic carbocycles. The zero-order chi connectivity index (χ0) is 15.9. The maximum absolute atomic E-state index is 12.9. The monoisotopic (exact) mass is 321 g/mol. The molecule has 0 bridgehead atoms. The van der Waals surface area contributed by atoms with Gasteiger partial charge in [-0.1, -0.05) is 6.07 Å². The SMILES string of the molecule is Cc1ccc(C(=O)N(CCS(C)(=O)=O)C2CC2)c2c1CCC2. The highest BCUT2D eigenvalue weighted by atomic mass is 32.2. The molecule has 0 radical (unpaired) electrons. The number of carbonyl (C=O) groups is 1. The first-order valence-electron chi connectivity index (χ1n) is 7.97. The number of benzene rings is 1. The summed E-state index contributed by atoms with van der Waals surface area (Å²) in [4.78, 5) is 14.7. The highest BCUT2D eigenvalue weighted by Gasteiger charge is 2.34. The van der Waals surface area contributed by atoms with Crippen LogP contribution in [0.1, 0.15) is 46.3 Å². The van der Waals surface area contributed by atoms with Crippen molar-refractivity contribution in [2.75, 3.05) is 18.6 Å². The molecule has 0 aliphatic heterocycles. The summed E-state index contributed by atoms with van der Waals surface area (Å²) in [6.07, 6.45) is 6.32. The van der Waals surface area contributed by atoms with Crippen molar-refractivity contribution in [2.24, 2.45) is 0 Å². The molecular weight excluding hydrogens is 298 g/mol. The summed E-state index contributed by atoms with van der Waals surface area (Å²) < 4.78 is 22.9. The van der Waals surface area contributed by atoms with Gasteiger partial charge in [0.15, 0.2) is 0 Å². The summed E-state index contributed by atoms with van der Waals surface area (Å²) >= 11 is 0. The van der Waals surface area contributed by atoms with Crippen LogP contribution in [0.3, 0.4) is 0 Å². The minimum atomic E-state index is -3.05. The van der Waals surface area contributed by atoms with Crippen molar-refractivity contribution < 1.29 is 13.2 Å². The van der Waals surface area contributed by atoms with Crippen LogP contribution in [0.4, 0.5) is 0 Å². The first-order valence-corrected chi connectivity index (χ1v) is 10.0. The molecule has 2 aliphatic rings. The van der Waals surface area contributed by atoms with Gasteiger partial charge in [0.1, 0.15) is 9.84 Å². The van der Waals surface area contributed by atoms with Gasteiger partial charge in [-0.15, -0.1) is 0 Å². The highest BCUT2D eigenvalue weighted by Crippen LogP contribution is 2.32. The van der Waals surface area contributed by atoms with E-state index in [1.54, 1.807) is 4.90 Å². The predicted octanol–water partition coefficient (Wildman–Crippen LogP) is 2.13. The lowest BCUT2D eigenvalue weighted by Crippen LogP contribution is -2.37. The van der Waals surface area contributed by atoms with Crippen LogP contribution in [0.5, 0.6) is 0 Å². The lowest BCUT2D eigenvalue weighted by molar-refractivity contribution is 0.0753. The van der Waals surface area contributed by atoms with Crippen LogP contribution >= 0.6 is 0 Å². The number of carbonyl (C=O) groups excluding carboxylic acids is 1. The third-order valence-electron chi connectivity index (χ3n) is 4.70. The minimum absolute atomic E-state index is 0.0179. The zero-order valence-electron chi connectivity index (χ0n) is 13.3. The second-order valence-electron chi connectivity index (χ2n) is 6.60. The summed E-state index contributed by atoms with van der Waals surface area (Å²) in [6.45, 7) is 2.41. The third kappa shape index (κ3) is 3.19. The molecule has 1 aromatic rings. The zero-order valence-corrected chi connectivity index (χ0v) is 14.1. The van der Waals surface area contributed by atoms with Crippen LogP contribution in [0.2, 0.25) is 0 Å². The Balaban J connectivity index is 1.87. The van der Waals surface area contributed by atoms with Crippen LogP contribution < -0.4 is 0 Å².